The summed E-state index contributed by atoms with van der Waals surface area (Å²) >= 11 is 0. The van der Waals surface area contributed by atoms with Crippen molar-refractivity contribution in [2.45, 2.75) is 32.6 Å². The third-order valence-corrected chi connectivity index (χ3v) is 3.05. The Balaban J connectivity index is 3.28. The fourth-order valence-corrected chi connectivity index (χ4v) is 2.18. The highest BCUT2D eigenvalue weighted by Crippen LogP contribution is 2.37. The molecule has 1 N–H and O–H groups in total. The van der Waals surface area contributed by atoms with Crippen LogP contribution in [-0.2, 0) is 10.2 Å². The summed E-state index contributed by atoms with van der Waals surface area (Å²) in [4.78, 5) is 10.9. The van der Waals surface area contributed by atoms with Crippen LogP contribution in [-0.4, -0.2) is 25.3 Å². The van der Waals surface area contributed by atoms with Gasteiger partial charge in [-0.2, -0.15) is 0 Å². The molecule has 0 fully saturated rings. The Kier molecular flexibility index (Phi) is 4.22. The van der Waals surface area contributed by atoms with Gasteiger partial charge >= 0.3 is 5.97 Å². The maximum atomic E-state index is 10.9. The summed E-state index contributed by atoms with van der Waals surface area (Å²) in [6.07, 6.45) is 0.0727. The van der Waals surface area contributed by atoms with Gasteiger partial charge in [-0.3, -0.25) is 4.79 Å². The number of benzene rings is 1. The summed E-state index contributed by atoms with van der Waals surface area (Å²) in [5.41, 5.74) is 1.51. The second-order valence-corrected chi connectivity index (χ2v) is 4.98. The van der Waals surface area contributed by atoms with Crippen LogP contribution in [0.2, 0.25) is 0 Å². The van der Waals surface area contributed by atoms with E-state index in [1.54, 1.807) is 14.2 Å². The van der Waals surface area contributed by atoms with E-state index in [2.05, 4.69) is 0 Å². The van der Waals surface area contributed by atoms with Crippen LogP contribution in [0, 0.1) is 6.92 Å². The second-order valence-electron chi connectivity index (χ2n) is 4.98. The summed E-state index contributed by atoms with van der Waals surface area (Å²) < 4.78 is 10.5. The van der Waals surface area contributed by atoms with Crippen molar-refractivity contribution >= 4 is 5.97 Å². The molecule has 0 bridgehead atoms. The number of carboxylic acid groups (broad SMARTS) is 1. The standard InChI is InChI=1S/C14H20O4/c1-9-6-11(17-4)12(18-5)7-10(9)14(2,3)8-13(15)16/h6-7H,8H2,1-5H3,(H,15,16). The Morgan fingerprint density at radius 1 is 1.22 bits per heavy atom. The number of carbonyl (C=O) groups is 1. The minimum absolute atomic E-state index is 0.0727. The fraction of sp³-hybridized carbons (Fsp3) is 0.500. The molecule has 0 atom stereocenters. The molecule has 0 radical (unpaired) electrons. The number of hydrogen-bond donors (Lipinski definition) is 1. The van der Waals surface area contributed by atoms with E-state index in [0.717, 1.165) is 11.1 Å². The Labute approximate surface area is 108 Å². The fourth-order valence-electron chi connectivity index (χ4n) is 2.18. The average Bonchev–Trinajstić information content (AvgIpc) is 2.26. The van der Waals surface area contributed by atoms with Crippen molar-refractivity contribution in [1.82, 2.24) is 0 Å². The van der Waals surface area contributed by atoms with Crippen molar-refractivity contribution in [1.29, 1.82) is 0 Å². The van der Waals surface area contributed by atoms with E-state index in [9.17, 15) is 4.79 Å². The number of hydrogen-bond acceptors (Lipinski definition) is 3. The van der Waals surface area contributed by atoms with E-state index in [0.29, 0.717) is 11.5 Å². The van der Waals surface area contributed by atoms with Crippen LogP contribution in [0.25, 0.3) is 0 Å². The lowest BCUT2D eigenvalue weighted by atomic mass is 9.79. The summed E-state index contributed by atoms with van der Waals surface area (Å²) in [6.45, 7) is 5.77. The summed E-state index contributed by atoms with van der Waals surface area (Å²) in [5.74, 6) is 0.468. The van der Waals surface area contributed by atoms with Gasteiger partial charge in [0, 0.05) is 5.41 Å². The Morgan fingerprint density at radius 2 is 1.72 bits per heavy atom. The molecule has 0 aliphatic heterocycles. The largest absolute Gasteiger partial charge is 0.493 e. The molecule has 0 saturated heterocycles. The van der Waals surface area contributed by atoms with Gasteiger partial charge in [-0.25, -0.2) is 0 Å². The molecule has 0 saturated carbocycles. The maximum Gasteiger partial charge on any atom is 0.304 e. The van der Waals surface area contributed by atoms with Crippen LogP contribution in [0.4, 0.5) is 0 Å². The van der Waals surface area contributed by atoms with E-state index in [1.807, 2.05) is 32.9 Å². The maximum absolute atomic E-state index is 10.9. The molecule has 0 amide bonds. The normalized spacial score (nSPS) is 11.2. The Hall–Kier alpha value is -1.71. The van der Waals surface area contributed by atoms with Gasteiger partial charge in [-0.1, -0.05) is 13.8 Å². The first kappa shape index (κ1) is 14.4. The molecule has 4 heteroatoms. The lowest BCUT2D eigenvalue weighted by molar-refractivity contribution is -0.138. The molecular weight excluding hydrogens is 232 g/mol. The summed E-state index contributed by atoms with van der Waals surface area (Å²) in [7, 11) is 3.15. The van der Waals surface area contributed by atoms with Crippen molar-refractivity contribution in [3.63, 3.8) is 0 Å². The zero-order chi connectivity index (χ0) is 13.9. The van der Waals surface area contributed by atoms with E-state index in [1.165, 1.54) is 0 Å². The Bertz CT molecular complexity index is 449. The van der Waals surface area contributed by atoms with Gasteiger partial charge in [0.05, 0.1) is 20.6 Å². The second kappa shape index (κ2) is 5.29. The summed E-state index contributed by atoms with van der Waals surface area (Å²) in [5, 5.41) is 8.97. The van der Waals surface area contributed by atoms with E-state index in [4.69, 9.17) is 14.6 Å². The van der Waals surface area contributed by atoms with Gasteiger partial charge < -0.3 is 14.6 Å². The van der Waals surface area contributed by atoms with Crippen LogP contribution in [0.15, 0.2) is 12.1 Å². The number of rotatable bonds is 5. The lowest BCUT2D eigenvalue weighted by Gasteiger charge is -2.26. The van der Waals surface area contributed by atoms with E-state index < -0.39 is 11.4 Å². The highest BCUT2D eigenvalue weighted by molar-refractivity contribution is 5.69. The molecule has 0 heterocycles. The van der Waals surface area contributed by atoms with Crippen molar-refractivity contribution < 1.29 is 19.4 Å². The Morgan fingerprint density at radius 3 is 2.17 bits per heavy atom. The number of carboxylic acids is 1. The lowest BCUT2D eigenvalue weighted by Crippen LogP contribution is -2.23. The van der Waals surface area contributed by atoms with E-state index in [-0.39, 0.29) is 6.42 Å². The van der Waals surface area contributed by atoms with Gasteiger partial charge in [0.15, 0.2) is 11.5 Å². The molecule has 0 spiro atoms. The molecule has 4 nitrogen and oxygen atoms in total. The van der Waals surface area contributed by atoms with Gasteiger partial charge in [0.1, 0.15) is 0 Å². The third kappa shape index (κ3) is 2.94. The molecule has 1 aromatic carbocycles. The predicted octanol–water partition coefficient (Wildman–Crippen LogP) is 2.76. The number of ether oxygens (including phenoxy) is 2. The highest BCUT2D eigenvalue weighted by atomic mass is 16.5. The zero-order valence-electron chi connectivity index (χ0n) is 11.5. The summed E-state index contributed by atoms with van der Waals surface area (Å²) in [6, 6.07) is 3.73. The molecule has 0 aliphatic carbocycles. The molecule has 1 aromatic rings. The molecule has 0 aromatic heterocycles. The topological polar surface area (TPSA) is 55.8 Å². The number of aryl methyl sites for hydroxylation is 1. The van der Waals surface area contributed by atoms with Crippen molar-refractivity contribution in [3.05, 3.63) is 23.3 Å². The number of methoxy groups -OCH3 is 2. The SMILES string of the molecule is COc1cc(C)c(C(C)(C)CC(=O)O)cc1OC. The van der Waals surface area contributed by atoms with Crippen molar-refractivity contribution in [3.8, 4) is 11.5 Å². The van der Waals surface area contributed by atoms with E-state index >= 15 is 0 Å². The molecule has 100 valence electrons. The van der Waals surface area contributed by atoms with Gasteiger partial charge in [-0.15, -0.1) is 0 Å². The molecule has 0 aliphatic rings. The zero-order valence-corrected chi connectivity index (χ0v) is 11.5. The van der Waals surface area contributed by atoms with Crippen LogP contribution in [0.5, 0.6) is 11.5 Å². The third-order valence-electron chi connectivity index (χ3n) is 3.05. The first-order valence-electron chi connectivity index (χ1n) is 5.76. The van der Waals surface area contributed by atoms with Crippen LogP contribution in [0.1, 0.15) is 31.4 Å². The average molecular weight is 252 g/mol. The van der Waals surface area contributed by atoms with Gasteiger partial charge in [0.25, 0.3) is 0 Å². The minimum atomic E-state index is -0.811. The smallest absolute Gasteiger partial charge is 0.304 e. The number of aliphatic carboxylic acids is 1. The molecule has 1 rings (SSSR count). The van der Waals surface area contributed by atoms with Crippen LogP contribution >= 0.6 is 0 Å². The van der Waals surface area contributed by atoms with Gasteiger partial charge in [-0.05, 0) is 30.2 Å². The molecule has 0 unspecified atom stereocenters. The predicted molar refractivity (Wildman–Crippen MR) is 69.6 cm³/mol. The minimum Gasteiger partial charge on any atom is -0.493 e. The van der Waals surface area contributed by atoms with Gasteiger partial charge in [0.2, 0.25) is 0 Å². The first-order chi connectivity index (χ1) is 8.31. The van der Waals surface area contributed by atoms with Crippen LogP contribution in [0.3, 0.4) is 0 Å². The van der Waals surface area contributed by atoms with Crippen molar-refractivity contribution in [2.75, 3.05) is 14.2 Å². The quantitative estimate of drug-likeness (QED) is 0.875. The molecule has 18 heavy (non-hydrogen) atoms. The highest BCUT2D eigenvalue weighted by Gasteiger charge is 2.27. The van der Waals surface area contributed by atoms with Crippen molar-refractivity contribution in [2.24, 2.45) is 0 Å². The molecular formula is C14H20O4. The first-order valence-corrected chi connectivity index (χ1v) is 5.76. The van der Waals surface area contributed by atoms with Crippen LogP contribution < -0.4 is 9.47 Å². The monoisotopic (exact) mass is 252 g/mol.